The highest BCUT2D eigenvalue weighted by molar-refractivity contribution is 5.79. The summed E-state index contributed by atoms with van der Waals surface area (Å²) in [5.74, 6) is 0.377. The summed E-state index contributed by atoms with van der Waals surface area (Å²) in [6.45, 7) is 9.05. The Balaban J connectivity index is 2.30. The molecule has 0 spiro atoms. The smallest absolute Gasteiger partial charge is 0.223 e. The summed E-state index contributed by atoms with van der Waals surface area (Å²) in [6, 6.07) is 0.696. The van der Waals surface area contributed by atoms with Gasteiger partial charge in [-0.25, -0.2) is 0 Å². The van der Waals surface area contributed by atoms with Crippen molar-refractivity contribution in [2.45, 2.75) is 45.7 Å². The minimum absolute atomic E-state index is 0.107. The molecule has 1 amide bonds. The van der Waals surface area contributed by atoms with Crippen LogP contribution in [0.15, 0.2) is 0 Å². The molecule has 0 radical (unpaired) electrons. The van der Waals surface area contributed by atoms with Crippen LogP contribution in [0.2, 0.25) is 0 Å². The topological polar surface area (TPSA) is 41.6 Å². The first-order valence-electron chi connectivity index (χ1n) is 6.58. The van der Waals surface area contributed by atoms with E-state index in [-0.39, 0.29) is 17.9 Å². The summed E-state index contributed by atoms with van der Waals surface area (Å²) in [7, 11) is 1.66. The Bertz CT molecular complexity index is 236. The quantitative estimate of drug-likeness (QED) is 0.789. The average molecular weight is 242 g/mol. The predicted molar refractivity (Wildman–Crippen MR) is 68.9 cm³/mol. The van der Waals surface area contributed by atoms with Crippen LogP contribution >= 0.6 is 0 Å². The van der Waals surface area contributed by atoms with E-state index in [2.05, 4.69) is 24.1 Å². The maximum atomic E-state index is 12.0. The molecule has 4 heteroatoms. The van der Waals surface area contributed by atoms with Gasteiger partial charge in [0.15, 0.2) is 0 Å². The predicted octanol–water partition coefficient (Wildman–Crippen LogP) is 1.26. The van der Waals surface area contributed by atoms with E-state index in [1.54, 1.807) is 7.11 Å². The van der Waals surface area contributed by atoms with Crippen molar-refractivity contribution in [3.05, 3.63) is 0 Å². The Morgan fingerprint density at radius 1 is 1.35 bits per heavy atom. The van der Waals surface area contributed by atoms with Crippen molar-refractivity contribution >= 4 is 5.91 Å². The molecule has 1 heterocycles. The molecular formula is C13H26N2O2. The second-order valence-corrected chi connectivity index (χ2v) is 5.27. The van der Waals surface area contributed by atoms with E-state index < -0.39 is 0 Å². The van der Waals surface area contributed by atoms with Gasteiger partial charge in [0.05, 0.1) is 6.61 Å². The molecule has 1 unspecified atom stereocenters. The average Bonchev–Trinajstić information content (AvgIpc) is 2.29. The van der Waals surface area contributed by atoms with Gasteiger partial charge in [0.1, 0.15) is 0 Å². The number of nitrogens with zero attached hydrogens (tertiary/aromatic N) is 1. The Morgan fingerprint density at radius 2 is 1.94 bits per heavy atom. The van der Waals surface area contributed by atoms with Crippen molar-refractivity contribution in [2.24, 2.45) is 5.92 Å². The Labute approximate surface area is 105 Å². The van der Waals surface area contributed by atoms with E-state index in [9.17, 15) is 4.79 Å². The molecule has 0 aliphatic carbocycles. The van der Waals surface area contributed by atoms with Crippen molar-refractivity contribution in [3.8, 4) is 0 Å². The number of hydrogen-bond donors (Lipinski definition) is 1. The zero-order valence-electron chi connectivity index (χ0n) is 11.5. The first-order valence-corrected chi connectivity index (χ1v) is 6.58. The fraction of sp³-hybridized carbons (Fsp3) is 0.923. The van der Waals surface area contributed by atoms with Gasteiger partial charge in [-0.05, 0) is 46.7 Å². The van der Waals surface area contributed by atoms with Gasteiger partial charge in [-0.1, -0.05) is 0 Å². The number of likely N-dealkylation sites (tertiary alicyclic amines) is 1. The lowest BCUT2D eigenvalue weighted by molar-refractivity contribution is -0.127. The summed E-state index contributed by atoms with van der Waals surface area (Å²) >= 11 is 0. The third kappa shape index (κ3) is 4.64. The maximum absolute atomic E-state index is 12.0. The van der Waals surface area contributed by atoms with Crippen molar-refractivity contribution in [1.82, 2.24) is 10.2 Å². The third-order valence-electron chi connectivity index (χ3n) is 3.44. The minimum atomic E-state index is 0.107. The van der Waals surface area contributed by atoms with E-state index in [4.69, 9.17) is 4.74 Å². The molecule has 1 atom stereocenters. The summed E-state index contributed by atoms with van der Waals surface area (Å²) in [6.07, 6.45) is 1.95. The maximum Gasteiger partial charge on any atom is 0.223 e. The summed E-state index contributed by atoms with van der Waals surface area (Å²) in [5, 5.41) is 3.01. The summed E-state index contributed by atoms with van der Waals surface area (Å²) in [4.78, 5) is 14.4. The Kier molecular flexibility index (Phi) is 5.92. The number of piperidine rings is 1. The largest absolute Gasteiger partial charge is 0.383 e. The van der Waals surface area contributed by atoms with Gasteiger partial charge in [-0.3, -0.25) is 4.79 Å². The molecule has 1 rings (SSSR count). The van der Waals surface area contributed by atoms with E-state index in [1.807, 2.05) is 6.92 Å². The Hall–Kier alpha value is -0.610. The third-order valence-corrected chi connectivity index (χ3v) is 3.44. The summed E-state index contributed by atoms with van der Waals surface area (Å²) < 4.78 is 5.02. The number of nitrogens with one attached hydrogen (secondary N) is 1. The van der Waals surface area contributed by atoms with Gasteiger partial charge >= 0.3 is 0 Å². The zero-order valence-corrected chi connectivity index (χ0v) is 11.5. The molecule has 0 saturated carbocycles. The monoisotopic (exact) mass is 242 g/mol. The van der Waals surface area contributed by atoms with Gasteiger partial charge in [0.2, 0.25) is 5.91 Å². The molecule has 1 aliphatic rings. The fourth-order valence-corrected chi connectivity index (χ4v) is 2.33. The highest BCUT2D eigenvalue weighted by Gasteiger charge is 2.26. The number of carbonyl (C=O) groups excluding carboxylic acids is 1. The number of hydrogen-bond acceptors (Lipinski definition) is 3. The summed E-state index contributed by atoms with van der Waals surface area (Å²) in [5.41, 5.74) is 0. The molecule has 4 nitrogen and oxygen atoms in total. The highest BCUT2D eigenvalue weighted by Crippen LogP contribution is 2.19. The van der Waals surface area contributed by atoms with Crippen molar-refractivity contribution in [2.75, 3.05) is 26.8 Å². The van der Waals surface area contributed by atoms with E-state index in [1.165, 1.54) is 0 Å². The van der Waals surface area contributed by atoms with Crippen LogP contribution in [0.1, 0.15) is 33.6 Å². The van der Waals surface area contributed by atoms with Crippen LogP contribution in [0.5, 0.6) is 0 Å². The number of rotatable bonds is 5. The molecule has 0 aromatic heterocycles. The molecule has 100 valence electrons. The molecule has 0 aromatic rings. The lowest BCUT2D eigenvalue weighted by atomic mass is 9.95. The van der Waals surface area contributed by atoms with E-state index >= 15 is 0 Å². The van der Waals surface area contributed by atoms with Crippen LogP contribution in [0.25, 0.3) is 0 Å². The van der Waals surface area contributed by atoms with Gasteiger partial charge in [0, 0.05) is 25.1 Å². The van der Waals surface area contributed by atoms with Crippen molar-refractivity contribution < 1.29 is 9.53 Å². The van der Waals surface area contributed by atoms with Crippen LogP contribution < -0.4 is 5.32 Å². The lowest BCUT2D eigenvalue weighted by Gasteiger charge is -2.34. The molecule has 1 N–H and O–H groups in total. The first kappa shape index (κ1) is 14.5. The molecule has 1 aliphatic heterocycles. The van der Waals surface area contributed by atoms with E-state index in [0.29, 0.717) is 12.6 Å². The van der Waals surface area contributed by atoms with Crippen LogP contribution in [-0.2, 0) is 9.53 Å². The van der Waals surface area contributed by atoms with Gasteiger partial charge < -0.3 is 15.0 Å². The van der Waals surface area contributed by atoms with Crippen molar-refractivity contribution in [3.63, 3.8) is 0 Å². The Morgan fingerprint density at radius 3 is 2.41 bits per heavy atom. The molecule has 0 aromatic carbocycles. The fourth-order valence-electron chi connectivity index (χ4n) is 2.33. The molecule has 0 bridgehead atoms. The molecular weight excluding hydrogens is 216 g/mol. The second kappa shape index (κ2) is 6.97. The highest BCUT2D eigenvalue weighted by atomic mass is 16.5. The first-order chi connectivity index (χ1) is 8.04. The van der Waals surface area contributed by atoms with Crippen LogP contribution in [0.4, 0.5) is 0 Å². The van der Waals surface area contributed by atoms with Gasteiger partial charge in [0.25, 0.3) is 0 Å². The van der Waals surface area contributed by atoms with Crippen LogP contribution in [-0.4, -0.2) is 49.7 Å². The van der Waals surface area contributed by atoms with Crippen LogP contribution in [0, 0.1) is 5.92 Å². The van der Waals surface area contributed by atoms with Gasteiger partial charge in [-0.15, -0.1) is 0 Å². The number of methoxy groups -OCH3 is 1. The van der Waals surface area contributed by atoms with E-state index in [0.717, 1.165) is 25.9 Å². The normalized spacial score (nSPS) is 20.5. The SMILES string of the molecule is COCC(C)NC(=O)C1CCN(C(C)C)CC1. The minimum Gasteiger partial charge on any atom is -0.383 e. The number of ether oxygens (including phenoxy) is 1. The molecule has 17 heavy (non-hydrogen) atoms. The zero-order chi connectivity index (χ0) is 12.8. The molecule has 1 saturated heterocycles. The standard InChI is InChI=1S/C13H26N2O2/c1-10(2)15-7-5-12(6-8-15)13(16)14-11(3)9-17-4/h10-12H,5-9H2,1-4H3,(H,14,16). The number of amides is 1. The molecule has 1 fully saturated rings. The van der Waals surface area contributed by atoms with Gasteiger partial charge in [-0.2, -0.15) is 0 Å². The number of carbonyl (C=O) groups is 1. The van der Waals surface area contributed by atoms with Crippen molar-refractivity contribution in [1.29, 1.82) is 0 Å². The second-order valence-electron chi connectivity index (χ2n) is 5.27. The van der Waals surface area contributed by atoms with Crippen LogP contribution in [0.3, 0.4) is 0 Å². The lowest BCUT2D eigenvalue weighted by Crippen LogP contribution is -2.45.